The maximum absolute atomic E-state index is 7.81. The van der Waals surface area contributed by atoms with Gasteiger partial charge in [0.2, 0.25) is 0 Å². The van der Waals surface area contributed by atoms with Crippen LogP contribution in [0.25, 0.3) is 0 Å². The summed E-state index contributed by atoms with van der Waals surface area (Å²) >= 11 is 2.94. The molecule has 0 atom stereocenters. The summed E-state index contributed by atoms with van der Waals surface area (Å²) in [4.78, 5) is 0. The van der Waals surface area contributed by atoms with Gasteiger partial charge in [-0.05, 0) is 0 Å². The van der Waals surface area contributed by atoms with E-state index in [9.17, 15) is 0 Å². The van der Waals surface area contributed by atoms with E-state index in [0.717, 1.165) is 0 Å². The predicted molar refractivity (Wildman–Crippen MR) is 7.81 cm³/mol. The molecule has 6 heteroatoms. The van der Waals surface area contributed by atoms with Gasteiger partial charge in [0.15, 0.2) is 0 Å². The Kier molecular flexibility index (Phi) is 640. The molecule has 0 radical (unpaired) electrons. The summed E-state index contributed by atoms with van der Waals surface area (Å²) in [5.41, 5.74) is 0. The molecule has 0 aromatic heterocycles. The normalized spacial score (nSPS) is 1.00. The van der Waals surface area contributed by atoms with E-state index in [2.05, 4.69) is 15.9 Å². The third-order valence-electron chi connectivity index (χ3n) is 0. The maximum atomic E-state index is 7.81. The van der Waals surface area contributed by atoms with Crippen LogP contribution in [0.1, 0.15) is 0 Å². The van der Waals surface area contributed by atoms with Crippen molar-refractivity contribution in [1.82, 2.24) is 0 Å². The van der Waals surface area contributed by atoms with Gasteiger partial charge in [-0.1, -0.05) is 0 Å². The number of hydrogen-bond acceptors (Lipinski definition) is 1. The van der Waals surface area contributed by atoms with E-state index in [0.29, 0.717) is 0 Å². The van der Waals surface area contributed by atoms with E-state index < -0.39 is 0 Å². The molecule has 0 N–H and O–H groups in total. The van der Waals surface area contributed by atoms with Gasteiger partial charge in [0, 0.05) is 0 Å². The summed E-state index contributed by atoms with van der Waals surface area (Å²) in [6.07, 6.45) is 0. The minimum atomic E-state index is 0. The van der Waals surface area contributed by atoms with Gasteiger partial charge in [-0.3, -0.25) is 0 Å². The standard InChI is InChI=1S/Cu.Mg.3O.Zn/q;+2;;2*-2;+2. The molecule has 0 heterocycles. The molecular weight excluding hydrogens is 201 g/mol. The second-order valence-electron chi connectivity index (χ2n) is 0. The van der Waals surface area contributed by atoms with Crippen LogP contribution in [-0.4, -0.2) is 23.1 Å². The molecule has 0 aliphatic heterocycles. The van der Waals surface area contributed by atoms with Gasteiger partial charge in [0.1, 0.15) is 0 Å². The first-order valence-electron chi connectivity index (χ1n) is 0.123. The molecule has 3 nitrogen and oxygen atoms in total. The van der Waals surface area contributed by atoms with Crippen molar-refractivity contribution in [2.45, 2.75) is 0 Å². The summed E-state index contributed by atoms with van der Waals surface area (Å²) in [5.74, 6) is 0. The molecule has 6 heavy (non-hydrogen) atoms. The van der Waals surface area contributed by atoms with Crippen LogP contribution in [0.2, 0.25) is 0 Å². The minimum Gasteiger partial charge on any atom is 2.00 e. The fourth-order valence-corrected chi connectivity index (χ4v) is 0. The predicted octanol–water partition coefficient (Wildman–Crippen LogP) is -0.742. The zero-order valence-electron chi connectivity index (χ0n) is 2.94. The van der Waals surface area contributed by atoms with Crippen molar-refractivity contribution in [3.8, 4) is 0 Å². The molecule has 0 amide bonds. The first kappa shape index (κ1) is 48.5. The van der Waals surface area contributed by atoms with Crippen molar-refractivity contribution in [2.24, 2.45) is 0 Å². The van der Waals surface area contributed by atoms with Crippen LogP contribution in [0.5, 0.6) is 0 Å². The zero-order valence-corrected chi connectivity index (χ0v) is 8.26. The van der Waals surface area contributed by atoms with E-state index in [-0.39, 0.29) is 53.5 Å². The van der Waals surface area contributed by atoms with Crippen molar-refractivity contribution in [2.75, 3.05) is 0 Å². The van der Waals surface area contributed by atoms with Crippen LogP contribution in [0, 0.1) is 0 Å². The van der Waals surface area contributed by atoms with E-state index in [4.69, 9.17) is 3.83 Å². The molecule has 0 bridgehead atoms. The SMILES string of the molecule is [Mg+2].[O-2].[O-2].[O]=[Cu].[Zn+2]. The van der Waals surface area contributed by atoms with Crippen LogP contribution < -0.4 is 0 Å². The molecule has 0 fully saturated rings. The molecule has 0 aliphatic carbocycles. The molecule has 33 valence electrons. The van der Waals surface area contributed by atoms with E-state index in [1.807, 2.05) is 0 Å². The first-order chi connectivity index (χ1) is 1.00. The Morgan fingerprint density at radius 2 is 1.00 bits per heavy atom. The minimum absolute atomic E-state index is 0. The maximum Gasteiger partial charge on any atom is 2.00 e. The van der Waals surface area contributed by atoms with Gasteiger partial charge >= 0.3 is 62.3 Å². The molecule has 0 spiro atoms. The van der Waals surface area contributed by atoms with Gasteiger partial charge in [0.05, 0.1) is 0 Å². The van der Waals surface area contributed by atoms with Crippen molar-refractivity contribution >= 4 is 23.1 Å². The third kappa shape index (κ3) is 45.5. The van der Waals surface area contributed by atoms with Crippen LogP contribution in [0.4, 0.5) is 0 Å². The molecule has 0 unspecified atom stereocenters. The van der Waals surface area contributed by atoms with Crippen molar-refractivity contribution < 1.29 is 50.2 Å². The van der Waals surface area contributed by atoms with E-state index in [1.54, 1.807) is 0 Å². The Bertz CT molecular complexity index is 10.8. The molecule has 0 saturated heterocycles. The van der Waals surface area contributed by atoms with Crippen LogP contribution >= 0.6 is 0 Å². The smallest absolute Gasteiger partial charge is 2.00 e. The van der Waals surface area contributed by atoms with E-state index in [1.165, 1.54) is 0 Å². The second kappa shape index (κ2) is 79.1. The average molecular weight is 201 g/mol. The monoisotopic (exact) mass is 199 g/mol. The fourth-order valence-electron chi connectivity index (χ4n) is 0. The quantitative estimate of drug-likeness (QED) is 0.475. The van der Waals surface area contributed by atoms with Crippen LogP contribution in [0.15, 0.2) is 0 Å². The molecule has 0 rings (SSSR count). The largest absolute Gasteiger partial charge is 2.00 e. The van der Waals surface area contributed by atoms with Gasteiger partial charge in [-0.25, -0.2) is 0 Å². The first-order valence-corrected chi connectivity index (χ1v) is 0.508. The third-order valence-corrected chi connectivity index (χ3v) is 0. The Labute approximate surface area is 72.8 Å². The summed E-state index contributed by atoms with van der Waals surface area (Å²) in [6, 6.07) is 0. The fraction of sp³-hybridized carbons (Fsp3) is 0. The van der Waals surface area contributed by atoms with Crippen molar-refractivity contribution in [1.29, 1.82) is 0 Å². The van der Waals surface area contributed by atoms with Crippen molar-refractivity contribution in [3.63, 3.8) is 0 Å². The Morgan fingerprint density at radius 3 is 1.00 bits per heavy atom. The topological polar surface area (TPSA) is 74.1 Å². The number of rotatable bonds is 0. The molecule has 0 aliphatic rings. The summed E-state index contributed by atoms with van der Waals surface area (Å²) in [7, 11) is 0. The summed E-state index contributed by atoms with van der Waals surface area (Å²) < 4.78 is 7.81. The average Bonchev–Trinajstić information content (AvgIpc) is 1.00. The van der Waals surface area contributed by atoms with Gasteiger partial charge < -0.3 is 11.0 Å². The Hall–Kier alpha value is 1.63. The van der Waals surface area contributed by atoms with Crippen molar-refractivity contribution in [3.05, 3.63) is 0 Å². The molecule has 0 saturated carbocycles. The number of hydrogen-bond donors (Lipinski definition) is 0. The van der Waals surface area contributed by atoms with Gasteiger partial charge in [0.25, 0.3) is 0 Å². The van der Waals surface area contributed by atoms with Gasteiger partial charge in [-0.2, -0.15) is 0 Å². The Balaban J connectivity index is -0.000000000833. The zero-order chi connectivity index (χ0) is 2.00. The molecular formula is CuMgO3Zn. The second-order valence-corrected chi connectivity index (χ2v) is 0. The molecule has 0 aromatic rings. The van der Waals surface area contributed by atoms with E-state index >= 15 is 0 Å². The Morgan fingerprint density at radius 1 is 1.00 bits per heavy atom. The van der Waals surface area contributed by atoms with Crippen LogP contribution in [-0.2, 0) is 50.2 Å². The van der Waals surface area contributed by atoms with Gasteiger partial charge in [-0.15, -0.1) is 0 Å². The molecule has 0 aromatic carbocycles. The summed E-state index contributed by atoms with van der Waals surface area (Å²) in [6.45, 7) is 0. The van der Waals surface area contributed by atoms with Crippen LogP contribution in [0.3, 0.4) is 0 Å². The summed E-state index contributed by atoms with van der Waals surface area (Å²) in [5, 5.41) is 0.